The molecular formula is C24H27F3N2O3S3. The molecule has 0 aromatic heterocycles. The Morgan fingerprint density at radius 3 is 2.14 bits per heavy atom. The first kappa shape index (κ1) is 27.7. The van der Waals surface area contributed by atoms with Crippen LogP contribution in [0, 0.1) is 0 Å². The van der Waals surface area contributed by atoms with Gasteiger partial charge in [0.2, 0.25) is 0 Å². The van der Waals surface area contributed by atoms with Gasteiger partial charge >= 0.3 is 6.18 Å². The summed E-state index contributed by atoms with van der Waals surface area (Å²) in [6, 6.07) is 15.1. The van der Waals surface area contributed by atoms with Gasteiger partial charge in [0.1, 0.15) is 4.90 Å². The van der Waals surface area contributed by atoms with E-state index in [-0.39, 0.29) is 10.5 Å². The lowest BCUT2D eigenvalue weighted by Crippen LogP contribution is -2.26. The van der Waals surface area contributed by atoms with E-state index in [1.807, 2.05) is 19.0 Å². The highest BCUT2D eigenvalue weighted by Gasteiger charge is 2.45. The molecule has 0 bridgehead atoms. The average molecular weight is 545 g/mol. The summed E-state index contributed by atoms with van der Waals surface area (Å²) in [4.78, 5) is 4.31. The zero-order valence-corrected chi connectivity index (χ0v) is 22.2. The number of halogens is 3. The van der Waals surface area contributed by atoms with Gasteiger partial charge in [-0.15, -0.1) is 0 Å². The van der Waals surface area contributed by atoms with Crippen LogP contribution in [-0.2, 0) is 14.3 Å². The second kappa shape index (κ2) is 11.4. The van der Waals surface area contributed by atoms with Crippen molar-refractivity contribution in [1.82, 2.24) is 4.90 Å². The third kappa shape index (κ3) is 7.07. The monoisotopic (exact) mass is 544 g/mol. The second-order valence-electron chi connectivity index (χ2n) is 8.27. The van der Waals surface area contributed by atoms with Crippen molar-refractivity contribution in [2.24, 2.45) is 0 Å². The molecule has 1 unspecified atom stereocenters. The van der Waals surface area contributed by atoms with Crippen LogP contribution >= 0.6 is 21.6 Å². The number of alkyl halides is 3. The lowest BCUT2D eigenvalue weighted by molar-refractivity contribution is -0.196. The Morgan fingerprint density at radius 2 is 1.54 bits per heavy atom. The number of nitrogens with zero attached hydrogens (tertiary/aromatic N) is 2. The van der Waals surface area contributed by atoms with Crippen LogP contribution in [-0.4, -0.2) is 60.0 Å². The molecule has 3 aromatic rings. The van der Waals surface area contributed by atoms with E-state index in [1.54, 1.807) is 66.2 Å². The molecule has 0 spiro atoms. The Hall–Kier alpha value is -1.92. The van der Waals surface area contributed by atoms with E-state index >= 15 is 0 Å². The maximum Gasteiger partial charge on any atom is 0.420 e. The van der Waals surface area contributed by atoms with Crippen LogP contribution in [0.2, 0.25) is 0 Å². The van der Waals surface area contributed by atoms with Crippen molar-refractivity contribution < 1.29 is 25.8 Å². The molecule has 0 aliphatic heterocycles. The van der Waals surface area contributed by atoms with Crippen LogP contribution in [0.1, 0.15) is 11.7 Å². The maximum atomic E-state index is 14.0. The number of rotatable bonds is 10. The highest BCUT2D eigenvalue weighted by atomic mass is 33.1. The summed E-state index contributed by atoms with van der Waals surface area (Å²) in [5, 5.41) is 0.889. The quantitative estimate of drug-likeness (QED) is 0.171. The summed E-state index contributed by atoms with van der Waals surface area (Å²) in [6.45, 7) is 0.877. The molecule has 0 saturated carbocycles. The zero-order chi connectivity index (χ0) is 25.8. The average Bonchev–Trinajstić information content (AvgIpc) is 2.79. The SMILES string of the molecule is CN(C)CCSSc1ccc(C(OS(=O)(=O)c2cccc3c(N(C)C)cccc23)C(F)(F)F)cc1. The van der Waals surface area contributed by atoms with Gasteiger partial charge in [0.05, 0.1) is 0 Å². The molecule has 5 nitrogen and oxygen atoms in total. The molecule has 0 amide bonds. The molecule has 3 rings (SSSR count). The molecule has 0 aliphatic rings. The van der Waals surface area contributed by atoms with Gasteiger partial charge in [-0.2, -0.15) is 21.6 Å². The van der Waals surface area contributed by atoms with Gasteiger partial charge in [0, 0.05) is 47.7 Å². The van der Waals surface area contributed by atoms with Gasteiger partial charge in [-0.25, -0.2) is 4.18 Å². The number of fused-ring (bicyclic) bond motifs is 1. The van der Waals surface area contributed by atoms with Gasteiger partial charge in [-0.3, -0.25) is 0 Å². The largest absolute Gasteiger partial charge is 0.420 e. The third-order valence-electron chi connectivity index (χ3n) is 5.09. The summed E-state index contributed by atoms with van der Waals surface area (Å²) in [5.41, 5.74) is 0.460. The molecule has 11 heteroatoms. The topological polar surface area (TPSA) is 49.9 Å². The van der Waals surface area contributed by atoms with E-state index in [4.69, 9.17) is 4.18 Å². The van der Waals surface area contributed by atoms with Crippen molar-refractivity contribution in [2.45, 2.75) is 22.1 Å². The smallest absolute Gasteiger partial charge is 0.377 e. The van der Waals surface area contributed by atoms with Crippen LogP contribution in [0.4, 0.5) is 18.9 Å². The van der Waals surface area contributed by atoms with Gasteiger partial charge < -0.3 is 9.80 Å². The highest BCUT2D eigenvalue weighted by Crippen LogP contribution is 2.41. The molecule has 190 valence electrons. The van der Waals surface area contributed by atoms with Crippen molar-refractivity contribution in [3.63, 3.8) is 0 Å². The van der Waals surface area contributed by atoms with Crippen molar-refractivity contribution in [3.05, 3.63) is 66.2 Å². The molecule has 0 fully saturated rings. The molecule has 0 saturated heterocycles. The first-order valence-corrected chi connectivity index (χ1v) is 14.4. The van der Waals surface area contributed by atoms with Crippen molar-refractivity contribution >= 4 is 48.2 Å². The molecular weight excluding hydrogens is 517 g/mol. The Kier molecular flexibility index (Phi) is 9.03. The normalized spacial score (nSPS) is 13.4. The maximum absolute atomic E-state index is 14.0. The van der Waals surface area contributed by atoms with Crippen molar-refractivity contribution in [3.8, 4) is 0 Å². The first-order valence-electron chi connectivity index (χ1n) is 10.6. The lowest BCUT2D eigenvalue weighted by Gasteiger charge is -2.22. The molecule has 0 N–H and O–H groups in total. The van der Waals surface area contributed by atoms with Crippen LogP contribution in [0.25, 0.3) is 10.8 Å². The van der Waals surface area contributed by atoms with Crippen molar-refractivity contribution in [1.29, 1.82) is 0 Å². The molecule has 0 radical (unpaired) electrons. The highest BCUT2D eigenvalue weighted by molar-refractivity contribution is 8.76. The van der Waals surface area contributed by atoms with Gasteiger partial charge in [-0.05, 0) is 43.9 Å². The summed E-state index contributed by atoms with van der Waals surface area (Å²) < 4.78 is 72.9. The summed E-state index contributed by atoms with van der Waals surface area (Å²) in [5.74, 6) is 0.854. The first-order chi connectivity index (χ1) is 16.4. The summed E-state index contributed by atoms with van der Waals surface area (Å²) in [7, 11) is 5.82. The van der Waals surface area contributed by atoms with Crippen molar-refractivity contribution in [2.75, 3.05) is 45.4 Å². The lowest BCUT2D eigenvalue weighted by atomic mass is 10.1. The van der Waals surface area contributed by atoms with E-state index in [9.17, 15) is 21.6 Å². The van der Waals surface area contributed by atoms with Crippen LogP contribution < -0.4 is 4.90 Å². The number of hydrogen-bond acceptors (Lipinski definition) is 7. The minimum absolute atomic E-state index is 0.280. The van der Waals surface area contributed by atoms with Gasteiger partial charge in [0.15, 0.2) is 6.10 Å². The zero-order valence-electron chi connectivity index (χ0n) is 19.7. The Labute approximate surface area is 212 Å². The molecule has 0 aliphatic carbocycles. The van der Waals surface area contributed by atoms with Crippen LogP contribution in [0.3, 0.4) is 0 Å². The summed E-state index contributed by atoms with van der Waals surface area (Å²) in [6.07, 6.45) is -7.55. The number of anilines is 1. The molecule has 1 atom stereocenters. The number of hydrogen-bond donors (Lipinski definition) is 0. The standard InChI is InChI=1S/C24H27F3N2O3S3/c1-28(2)15-16-33-34-18-13-11-17(12-14-18)23(24(25,26)27)32-35(30,31)22-10-6-7-19-20(22)8-5-9-21(19)29(3)4/h5-14,23H,15-16H2,1-4H3. The minimum Gasteiger partial charge on any atom is -0.377 e. The summed E-state index contributed by atoms with van der Waals surface area (Å²) >= 11 is 0. The van der Waals surface area contributed by atoms with Crippen LogP contribution in [0.15, 0.2) is 70.5 Å². The van der Waals surface area contributed by atoms with E-state index in [0.717, 1.165) is 22.9 Å². The molecule has 0 heterocycles. The van der Waals surface area contributed by atoms with E-state index < -0.39 is 22.4 Å². The fourth-order valence-electron chi connectivity index (χ4n) is 3.38. The minimum atomic E-state index is -4.93. The second-order valence-corrected chi connectivity index (χ2v) is 12.3. The predicted molar refractivity (Wildman–Crippen MR) is 139 cm³/mol. The molecule has 3 aromatic carbocycles. The third-order valence-corrected chi connectivity index (χ3v) is 8.79. The fourth-order valence-corrected chi connectivity index (χ4v) is 6.77. The van der Waals surface area contributed by atoms with E-state index in [0.29, 0.717) is 10.8 Å². The predicted octanol–water partition coefficient (Wildman–Crippen LogP) is 6.22. The van der Waals surface area contributed by atoms with Crippen LogP contribution in [0.5, 0.6) is 0 Å². The Bertz CT molecular complexity index is 1250. The van der Waals surface area contributed by atoms with Gasteiger partial charge in [-0.1, -0.05) is 58.0 Å². The van der Waals surface area contributed by atoms with E-state index in [1.165, 1.54) is 35.1 Å². The Balaban J connectivity index is 1.89. The van der Waals surface area contributed by atoms with Gasteiger partial charge in [0.25, 0.3) is 10.1 Å². The van der Waals surface area contributed by atoms with E-state index in [2.05, 4.69) is 0 Å². The molecule has 35 heavy (non-hydrogen) atoms. The number of benzene rings is 3. The fraction of sp³-hybridized carbons (Fsp3) is 0.333. The Morgan fingerprint density at radius 1 is 0.914 bits per heavy atom.